The summed E-state index contributed by atoms with van der Waals surface area (Å²) in [5, 5.41) is 47.9. The van der Waals surface area contributed by atoms with E-state index in [1.807, 2.05) is 0 Å². The molecule has 16 heteroatoms. The molecule has 1 aliphatic rings. The molecule has 0 aromatic heterocycles. The molecule has 0 saturated carbocycles. The third-order valence-electron chi connectivity index (χ3n) is 6.58. The molecule has 0 aliphatic carbocycles. The number of aliphatic hydroxyl groups is 5. The third-order valence-corrected chi connectivity index (χ3v) is 6.58. The van der Waals surface area contributed by atoms with Crippen molar-refractivity contribution >= 4 is 11.9 Å². The van der Waals surface area contributed by atoms with Gasteiger partial charge in [0.1, 0.15) is 31.0 Å². The number of rotatable bonds is 11. The van der Waals surface area contributed by atoms with Crippen LogP contribution in [0.25, 0.3) is 0 Å². The second-order valence-electron chi connectivity index (χ2n) is 10.2. The molecule has 1 heterocycles. The van der Waals surface area contributed by atoms with Gasteiger partial charge in [0.25, 0.3) is 5.60 Å². The molecular weight excluding hydrogens is 538 g/mol. The van der Waals surface area contributed by atoms with Crippen molar-refractivity contribution in [1.82, 2.24) is 0 Å². The maximum atomic E-state index is 12.8. The van der Waals surface area contributed by atoms with Crippen LogP contribution in [0.3, 0.4) is 0 Å². The monoisotopic (exact) mass is 572 g/mol. The first-order valence-corrected chi connectivity index (χ1v) is 11.6. The zero-order chi connectivity index (χ0) is 29.9. The van der Waals surface area contributed by atoms with Crippen LogP contribution >= 0.6 is 0 Å². The van der Waals surface area contributed by atoms with E-state index in [0.29, 0.717) is 0 Å². The Labute approximate surface area is 214 Å². The number of aliphatic hydroxyl groups excluding tert-OH is 4. The van der Waals surface area contributed by atoms with Gasteiger partial charge >= 0.3 is 24.3 Å². The average Bonchev–Trinajstić information content (AvgIpc) is 2.79. The fourth-order valence-corrected chi connectivity index (χ4v) is 3.92. The molecule has 0 spiro atoms. The van der Waals surface area contributed by atoms with Crippen molar-refractivity contribution in [3.8, 4) is 0 Å². The number of alkyl halides is 6. The number of carbonyl (C=O) groups is 2. The van der Waals surface area contributed by atoms with E-state index in [0.717, 1.165) is 0 Å². The second kappa shape index (κ2) is 12.2. The van der Waals surface area contributed by atoms with E-state index in [2.05, 4.69) is 0 Å². The molecule has 1 saturated heterocycles. The summed E-state index contributed by atoms with van der Waals surface area (Å²) >= 11 is 0. The summed E-state index contributed by atoms with van der Waals surface area (Å²) in [7, 11) is 0. The molecule has 0 radical (unpaired) electrons. The molecule has 6 unspecified atom stereocenters. The molecule has 1 fully saturated rings. The minimum absolute atomic E-state index is 0.102. The van der Waals surface area contributed by atoms with Gasteiger partial charge in [-0.1, -0.05) is 6.92 Å². The summed E-state index contributed by atoms with van der Waals surface area (Å²) in [4.78, 5) is 25.3. The van der Waals surface area contributed by atoms with Crippen molar-refractivity contribution in [2.45, 2.75) is 102 Å². The van der Waals surface area contributed by atoms with Gasteiger partial charge in [-0.25, -0.2) is 0 Å². The molecule has 1 rings (SSSR count). The van der Waals surface area contributed by atoms with Gasteiger partial charge in [0.05, 0.1) is 17.4 Å². The van der Waals surface area contributed by atoms with Gasteiger partial charge in [0.2, 0.25) is 0 Å². The summed E-state index contributed by atoms with van der Waals surface area (Å²) in [5.74, 6) is -1.91. The van der Waals surface area contributed by atoms with Crippen LogP contribution in [0.2, 0.25) is 0 Å². The van der Waals surface area contributed by atoms with Crippen molar-refractivity contribution in [2.24, 2.45) is 10.8 Å². The van der Waals surface area contributed by atoms with Crippen molar-refractivity contribution in [2.75, 3.05) is 13.2 Å². The maximum absolute atomic E-state index is 12.8. The molecule has 0 aromatic rings. The fourth-order valence-electron chi connectivity index (χ4n) is 3.92. The highest BCUT2D eigenvalue weighted by atomic mass is 19.4. The Kier molecular flexibility index (Phi) is 11.0. The molecule has 38 heavy (non-hydrogen) atoms. The summed E-state index contributed by atoms with van der Waals surface area (Å²) in [6, 6.07) is 0. The average molecular weight is 572 g/mol. The van der Waals surface area contributed by atoms with Gasteiger partial charge in [-0.05, 0) is 46.5 Å². The molecule has 6 atom stereocenters. The van der Waals surface area contributed by atoms with E-state index < -0.39 is 97.5 Å². The van der Waals surface area contributed by atoms with E-state index in [9.17, 15) is 56.4 Å². The van der Waals surface area contributed by atoms with Gasteiger partial charge in [-0.15, -0.1) is 0 Å². The zero-order valence-electron chi connectivity index (χ0n) is 21.2. The summed E-state index contributed by atoms with van der Waals surface area (Å²) in [5.41, 5.74) is -7.80. The van der Waals surface area contributed by atoms with Gasteiger partial charge in [0, 0.05) is 0 Å². The minimum atomic E-state index is -5.99. The van der Waals surface area contributed by atoms with E-state index in [1.54, 1.807) is 6.92 Å². The van der Waals surface area contributed by atoms with E-state index in [-0.39, 0.29) is 12.8 Å². The second-order valence-corrected chi connectivity index (χ2v) is 10.2. The van der Waals surface area contributed by atoms with Gasteiger partial charge in [-0.2, -0.15) is 26.3 Å². The van der Waals surface area contributed by atoms with E-state index >= 15 is 0 Å². The van der Waals surface area contributed by atoms with Crippen LogP contribution in [0.15, 0.2) is 0 Å². The highest BCUT2D eigenvalue weighted by Gasteiger charge is 2.69. The third kappa shape index (κ3) is 7.69. The summed E-state index contributed by atoms with van der Waals surface area (Å²) < 4.78 is 91.4. The molecule has 224 valence electrons. The Balaban J connectivity index is 2.75. The van der Waals surface area contributed by atoms with Gasteiger partial charge in [0.15, 0.2) is 6.29 Å². The highest BCUT2D eigenvalue weighted by Crippen LogP contribution is 2.46. The topological polar surface area (TPSA) is 163 Å². The van der Waals surface area contributed by atoms with Crippen LogP contribution < -0.4 is 0 Å². The van der Waals surface area contributed by atoms with Crippen LogP contribution in [-0.4, -0.2) is 99.3 Å². The number of halogens is 6. The minimum Gasteiger partial charge on any atom is -0.465 e. The van der Waals surface area contributed by atoms with Crippen molar-refractivity contribution in [3.05, 3.63) is 0 Å². The van der Waals surface area contributed by atoms with Crippen LogP contribution in [0.4, 0.5) is 26.3 Å². The Morgan fingerprint density at radius 1 is 0.842 bits per heavy atom. The van der Waals surface area contributed by atoms with Crippen molar-refractivity contribution in [1.29, 1.82) is 0 Å². The quantitative estimate of drug-likeness (QED) is 0.139. The Hall–Kier alpha value is -1.72. The lowest BCUT2D eigenvalue weighted by atomic mass is 9.72. The number of hydrogen-bond acceptors (Lipinski definition) is 10. The lowest BCUT2D eigenvalue weighted by Gasteiger charge is -2.39. The Bertz CT molecular complexity index is 803. The molecule has 5 N–H and O–H groups in total. The predicted molar refractivity (Wildman–Crippen MR) is 114 cm³/mol. The predicted octanol–water partition coefficient (Wildman–Crippen LogP) is 1.34. The van der Waals surface area contributed by atoms with Crippen LogP contribution in [0.5, 0.6) is 0 Å². The molecule has 0 bridgehead atoms. The van der Waals surface area contributed by atoms with Crippen LogP contribution in [-0.2, 0) is 23.8 Å². The summed E-state index contributed by atoms with van der Waals surface area (Å²) in [6.07, 6.45) is -23.4. The Morgan fingerprint density at radius 3 is 1.84 bits per heavy atom. The SMILES string of the molecule is CCC(C)(CC(C)(C)C(=O)OCCCC(O)(C(F)(F)F)C(F)(F)F)C(=O)OCC1OC(O)C(O)C(O)C1O. The molecule has 1 aliphatic heterocycles. The lowest BCUT2D eigenvalue weighted by molar-refractivity contribution is -0.370. The first kappa shape index (κ1) is 34.3. The summed E-state index contributed by atoms with van der Waals surface area (Å²) in [6.45, 7) is 4.16. The molecule has 0 amide bonds. The first-order valence-electron chi connectivity index (χ1n) is 11.6. The Morgan fingerprint density at radius 2 is 1.37 bits per heavy atom. The van der Waals surface area contributed by atoms with Gasteiger partial charge < -0.3 is 39.7 Å². The van der Waals surface area contributed by atoms with Crippen LogP contribution in [0.1, 0.15) is 53.4 Å². The largest absolute Gasteiger partial charge is 0.465 e. The lowest BCUT2D eigenvalue weighted by Crippen LogP contribution is -2.58. The maximum Gasteiger partial charge on any atom is 0.426 e. The fraction of sp³-hybridized carbons (Fsp3) is 0.909. The van der Waals surface area contributed by atoms with Crippen LogP contribution in [0, 0.1) is 10.8 Å². The molecule has 0 aromatic carbocycles. The smallest absolute Gasteiger partial charge is 0.426 e. The van der Waals surface area contributed by atoms with E-state index in [1.165, 1.54) is 20.8 Å². The zero-order valence-corrected chi connectivity index (χ0v) is 21.2. The number of hydrogen-bond donors (Lipinski definition) is 5. The normalized spacial score (nSPS) is 27.0. The number of esters is 2. The molecule has 10 nitrogen and oxygen atoms in total. The number of ether oxygens (including phenoxy) is 3. The van der Waals surface area contributed by atoms with Crippen molar-refractivity contribution in [3.63, 3.8) is 0 Å². The molecular formula is C22H34F6O10. The van der Waals surface area contributed by atoms with E-state index in [4.69, 9.17) is 19.3 Å². The highest BCUT2D eigenvalue weighted by molar-refractivity contribution is 5.80. The van der Waals surface area contributed by atoms with Crippen molar-refractivity contribution < 1.29 is 75.7 Å². The first-order chi connectivity index (χ1) is 17.0. The standard InChI is InChI=1S/C22H34F6O10/c1-5-19(4,17(34)37-9-11-12(29)13(30)14(31)15(32)38-11)10-18(2,3)16(33)36-8-6-7-20(35,21(23,24)25)22(26,27)28/h11-15,29-32,35H,5-10H2,1-4H3. The van der Waals surface area contributed by atoms with Gasteiger partial charge in [-0.3, -0.25) is 9.59 Å². The number of carbonyl (C=O) groups excluding carboxylic acids is 2.